The molecule has 1 aliphatic heterocycles. The van der Waals surface area contributed by atoms with Crippen LogP contribution in [0.5, 0.6) is 0 Å². The molecule has 8 heteroatoms. The Bertz CT molecular complexity index is 839. The molecule has 0 radical (unpaired) electrons. The van der Waals surface area contributed by atoms with E-state index >= 15 is 0 Å². The minimum absolute atomic E-state index is 0. The van der Waals surface area contributed by atoms with E-state index in [0.717, 1.165) is 37.2 Å². The lowest BCUT2D eigenvalue weighted by molar-refractivity contribution is -0.118. The Morgan fingerprint density at radius 3 is 2.83 bits per heavy atom. The highest BCUT2D eigenvalue weighted by Crippen LogP contribution is 2.28. The maximum atomic E-state index is 12.6. The van der Waals surface area contributed by atoms with Crippen molar-refractivity contribution in [1.82, 2.24) is 10.6 Å². The normalized spacial score (nSPS) is 15.2. The molecule has 30 heavy (non-hydrogen) atoms. The Hall–Kier alpha value is -1.65. The van der Waals surface area contributed by atoms with Gasteiger partial charge in [0.25, 0.3) is 0 Å². The number of hydrogen-bond donors (Lipinski definition) is 3. The van der Waals surface area contributed by atoms with Crippen LogP contribution >= 0.6 is 35.3 Å². The summed E-state index contributed by atoms with van der Waals surface area (Å²) in [5, 5.41) is 21.0. The summed E-state index contributed by atoms with van der Waals surface area (Å²) < 4.78 is 0. The number of fused-ring (bicyclic) bond motifs is 1. The standard InChI is InChI=1S/C22H30N4O2S.HI/c1-3-23-21(25-16-22(2,28)18-11-14-29-15-18)24-12-6-9-20(27)26-13-10-17-7-4-5-8-19(17)26;/h4-5,7-8,11,14-15,28H,3,6,9-10,12-13,16H2,1-2H3,(H2,23,24,25);1H. The molecule has 1 aliphatic rings. The fraction of sp³-hybridized carbons (Fsp3) is 0.455. The highest BCUT2D eigenvalue weighted by atomic mass is 127. The molecule has 2 heterocycles. The van der Waals surface area contributed by atoms with Gasteiger partial charge in [0, 0.05) is 31.7 Å². The molecule has 0 aliphatic carbocycles. The van der Waals surface area contributed by atoms with Crippen molar-refractivity contribution in [3.63, 3.8) is 0 Å². The van der Waals surface area contributed by atoms with Crippen LogP contribution in [0.1, 0.15) is 37.8 Å². The predicted molar refractivity (Wildman–Crippen MR) is 135 cm³/mol. The second kappa shape index (κ2) is 11.7. The van der Waals surface area contributed by atoms with Gasteiger partial charge in [-0.05, 0) is 60.7 Å². The van der Waals surface area contributed by atoms with E-state index < -0.39 is 5.60 Å². The maximum Gasteiger partial charge on any atom is 0.227 e. The smallest absolute Gasteiger partial charge is 0.227 e. The number of carbonyl (C=O) groups is 1. The molecule has 2 aromatic rings. The molecule has 1 unspecified atom stereocenters. The Morgan fingerprint density at radius 1 is 1.30 bits per heavy atom. The molecule has 164 valence electrons. The summed E-state index contributed by atoms with van der Waals surface area (Å²) in [5.74, 6) is 0.820. The first-order chi connectivity index (χ1) is 14.0. The van der Waals surface area contributed by atoms with Gasteiger partial charge in [0.15, 0.2) is 5.96 Å². The van der Waals surface area contributed by atoms with Crippen LogP contribution in [0.4, 0.5) is 5.69 Å². The van der Waals surface area contributed by atoms with Crippen molar-refractivity contribution in [2.45, 2.75) is 38.7 Å². The van der Waals surface area contributed by atoms with E-state index in [9.17, 15) is 9.90 Å². The Balaban J connectivity index is 0.00000320. The quantitative estimate of drug-likeness (QED) is 0.207. The van der Waals surface area contributed by atoms with Crippen LogP contribution < -0.4 is 15.5 Å². The number of benzene rings is 1. The minimum atomic E-state index is -0.999. The molecule has 1 amide bonds. The van der Waals surface area contributed by atoms with E-state index in [1.54, 1.807) is 18.3 Å². The Kier molecular flexibility index (Phi) is 9.57. The average molecular weight is 542 g/mol. The van der Waals surface area contributed by atoms with Gasteiger partial charge in [0.2, 0.25) is 5.91 Å². The van der Waals surface area contributed by atoms with Crippen LogP contribution in [0.15, 0.2) is 46.1 Å². The number of rotatable bonds is 8. The molecule has 1 aromatic carbocycles. The monoisotopic (exact) mass is 542 g/mol. The number of halogens is 1. The molecule has 3 N–H and O–H groups in total. The first kappa shape index (κ1) is 24.6. The highest BCUT2D eigenvalue weighted by molar-refractivity contribution is 14.0. The topological polar surface area (TPSA) is 77.0 Å². The zero-order valence-corrected chi connectivity index (χ0v) is 20.7. The summed E-state index contributed by atoms with van der Waals surface area (Å²) in [6, 6.07) is 10.0. The number of nitrogens with one attached hydrogen (secondary N) is 2. The number of nitrogens with zero attached hydrogens (tertiary/aromatic N) is 2. The molecular formula is C22H31IN4O2S. The van der Waals surface area contributed by atoms with Crippen molar-refractivity contribution < 1.29 is 9.90 Å². The lowest BCUT2D eigenvalue weighted by Crippen LogP contribution is -2.39. The summed E-state index contributed by atoms with van der Waals surface area (Å²) in [5.41, 5.74) is 2.18. The summed E-state index contributed by atoms with van der Waals surface area (Å²) in [4.78, 5) is 19.0. The number of hydrogen-bond acceptors (Lipinski definition) is 4. The van der Waals surface area contributed by atoms with Crippen molar-refractivity contribution in [1.29, 1.82) is 0 Å². The molecule has 1 atom stereocenters. The van der Waals surface area contributed by atoms with Gasteiger partial charge in [-0.15, -0.1) is 24.0 Å². The number of carbonyl (C=O) groups excluding carboxylic acids is 1. The zero-order chi connectivity index (χ0) is 20.7. The second-order valence-electron chi connectivity index (χ2n) is 7.44. The van der Waals surface area contributed by atoms with E-state index in [2.05, 4.69) is 21.7 Å². The number of amides is 1. The molecule has 0 spiro atoms. The molecule has 0 saturated heterocycles. The number of para-hydroxylation sites is 1. The summed E-state index contributed by atoms with van der Waals surface area (Å²) >= 11 is 1.56. The predicted octanol–water partition coefficient (Wildman–Crippen LogP) is 3.50. The minimum Gasteiger partial charge on any atom is -0.383 e. The van der Waals surface area contributed by atoms with Gasteiger partial charge in [-0.1, -0.05) is 18.2 Å². The summed E-state index contributed by atoms with van der Waals surface area (Å²) in [6.45, 7) is 6.19. The van der Waals surface area contributed by atoms with Gasteiger partial charge in [-0.25, -0.2) is 4.99 Å². The van der Waals surface area contributed by atoms with E-state index in [0.29, 0.717) is 18.9 Å². The van der Waals surface area contributed by atoms with Crippen LogP contribution in [0, 0.1) is 0 Å². The molecule has 0 bridgehead atoms. The SMILES string of the molecule is CCNC(=NCC(C)(O)c1ccsc1)NCCCC(=O)N1CCc2ccccc21.I. The van der Waals surface area contributed by atoms with E-state index in [1.165, 1.54) is 5.56 Å². The van der Waals surface area contributed by atoms with E-state index in [-0.39, 0.29) is 36.4 Å². The van der Waals surface area contributed by atoms with Gasteiger partial charge in [0.1, 0.15) is 5.60 Å². The first-order valence-electron chi connectivity index (χ1n) is 10.2. The number of anilines is 1. The van der Waals surface area contributed by atoms with E-state index in [1.807, 2.05) is 46.8 Å². The third-order valence-electron chi connectivity index (χ3n) is 5.08. The van der Waals surface area contributed by atoms with Crippen LogP contribution in [0.2, 0.25) is 0 Å². The average Bonchev–Trinajstić information content (AvgIpc) is 3.39. The third-order valence-corrected chi connectivity index (χ3v) is 5.76. The number of aliphatic hydroxyl groups is 1. The number of guanidine groups is 1. The van der Waals surface area contributed by atoms with Crippen molar-refractivity contribution in [3.8, 4) is 0 Å². The molecule has 0 fully saturated rings. The van der Waals surface area contributed by atoms with Crippen LogP contribution in [0.3, 0.4) is 0 Å². The lowest BCUT2D eigenvalue weighted by Gasteiger charge is -2.21. The van der Waals surface area contributed by atoms with Gasteiger partial charge in [0.05, 0.1) is 6.54 Å². The van der Waals surface area contributed by atoms with Crippen molar-refractivity contribution in [2.75, 3.05) is 31.1 Å². The highest BCUT2D eigenvalue weighted by Gasteiger charge is 2.24. The molecule has 3 rings (SSSR count). The van der Waals surface area contributed by atoms with Crippen LogP contribution in [-0.4, -0.2) is 43.2 Å². The Labute approximate surface area is 199 Å². The van der Waals surface area contributed by atoms with Gasteiger partial charge in [-0.3, -0.25) is 4.79 Å². The fourth-order valence-electron chi connectivity index (χ4n) is 3.42. The van der Waals surface area contributed by atoms with Crippen molar-refractivity contribution in [3.05, 3.63) is 52.2 Å². The maximum absolute atomic E-state index is 12.6. The molecular weight excluding hydrogens is 511 g/mol. The van der Waals surface area contributed by atoms with Crippen molar-refractivity contribution >= 4 is 52.9 Å². The van der Waals surface area contributed by atoms with Crippen LogP contribution in [-0.2, 0) is 16.8 Å². The van der Waals surface area contributed by atoms with Gasteiger partial charge >= 0.3 is 0 Å². The van der Waals surface area contributed by atoms with Gasteiger partial charge < -0.3 is 20.6 Å². The molecule has 6 nitrogen and oxygen atoms in total. The summed E-state index contributed by atoms with van der Waals surface area (Å²) in [6.07, 6.45) is 2.15. The molecule has 1 aromatic heterocycles. The zero-order valence-electron chi connectivity index (χ0n) is 17.6. The second-order valence-corrected chi connectivity index (χ2v) is 8.22. The lowest BCUT2D eigenvalue weighted by atomic mass is 10.00. The Morgan fingerprint density at radius 2 is 2.10 bits per heavy atom. The van der Waals surface area contributed by atoms with E-state index in [4.69, 9.17) is 0 Å². The van der Waals surface area contributed by atoms with Crippen molar-refractivity contribution in [2.24, 2.45) is 4.99 Å². The fourth-order valence-corrected chi connectivity index (χ4v) is 4.20. The summed E-state index contributed by atoms with van der Waals surface area (Å²) in [7, 11) is 0. The van der Waals surface area contributed by atoms with Crippen LogP contribution in [0.25, 0.3) is 0 Å². The van der Waals surface area contributed by atoms with Gasteiger partial charge in [-0.2, -0.15) is 11.3 Å². The largest absolute Gasteiger partial charge is 0.383 e. The molecule has 0 saturated carbocycles. The number of thiophene rings is 1. The first-order valence-corrected chi connectivity index (χ1v) is 11.1. The number of aliphatic imine (C=N–C) groups is 1. The third kappa shape index (κ3) is 6.42.